The molecule has 0 aliphatic heterocycles. The van der Waals surface area contributed by atoms with Crippen molar-refractivity contribution in [3.63, 3.8) is 0 Å². The Morgan fingerprint density at radius 1 is 0.714 bits per heavy atom. The van der Waals surface area contributed by atoms with E-state index in [2.05, 4.69) is 17.6 Å². The van der Waals surface area contributed by atoms with Gasteiger partial charge in [-0.15, -0.1) is 0 Å². The van der Waals surface area contributed by atoms with Gasteiger partial charge in [-0.3, -0.25) is 9.59 Å². The summed E-state index contributed by atoms with van der Waals surface area (Å²) in [6.45, 7) is 5.74. The molecule has 0 spiro atoms. The van der Waals surface area contributed by atoms with Crippen molar-refractivity contribution in [3.8, 4) is 0 Å². The van der Waals surface area contributed by atoms with Crippen LogP contribution >= 0.6 is 0 Å². The van der Waals surface area contributed by atoms with Gasteiger partial charge >= 0.3 is 5.97 Å². The summed E-state index contributed by atoms with van der Waals surface area (Å²) in [6, 6.07) is 12.3. The molecule has 0 aliphatic rings. The van der Waals surface area contributed by atoms with Crippen LogP contribution in [0.15, 0.2) is 42.5 Å². The Bertz CT molecular complexity index is 951. The van der Waals surface area contributed by atoms with Crippen LogP contribution < -0.4 is 10.6 Å². The summed E-state index contributed by atoms with van der Waals surface area (Å²) < 4.78 is 5.15. The number of ether oxygens (including phenoxy) is 1. The third-order valence-corrected chi connectivity index (χ3v) is 5.73. The Balaban J connectivity index is 1.69. The number of nitrogens with one attached hydrogen (secondary N) is 2. The third kappa shape index (κ3) is 11.7. The van der Waals surface area contributed by atoms with Gasteiger partial charge in [0.05, 0.1) is 5.56 Å². The summed E-state index contributed by atoms with van der Waals surface area (Å²) in [5.74, 6) is -1.09. The third-order valence-electron chi connectivity index (χ3n) is 5.73. The second kappa shape index (κ2) is 15.7. The minimum atomic E-state index is -0.615. The van der Waals surface area contributed by atoms with Crippen LogP contribution in [0, 0.1) is 13.8 Å². The first-order valence-electron chi connectivity index (χ1n) is 12.8. The van der Waals surface area contributed by atoms with E-state index in [1.165, 1.54) is 38.5 Å². The average Bonchev–Trinajstić information content (AvgIpc) is 2.81. The van der Waals surface area contributed by atoms with Gasteiger partial charge in [-0.1, -0.05) is 70.4 Å². The molecule has 0 radical (unpaired) electrons. The Morgan fingerprint density at radius 3 is 1.97 bits per heavy atom. The van der Waals surface area contributed by atoms with E-state index in [0.29, 0.717) is 17.8 Å². The monoisotopic (exact) mass is 480 g/mol. The van der Waals surface area contributed by atoms with Crippen LogP contribution in [0.1, 0.15) is 92.6 Å². The lowest BCUT2D eigenvalue weighted by molar-refractivity contribution is -0.119. The van der Waals surface area contributed by atoms with Gasteiger partial charge in [0.2, 0.25) is 5.91 Å². The predicted octanol–water partition coefficient (Wildman–Crippen LogP) is 6.96. The summed E-state index contributed by atoms with van der Waals surface area (Å²) >= 11 is 0. The van der Waals surface area contributed by atoms with E-state index in [9.17, 15) is 14.4 Å². The Morgan fingerprint density at radius 2 is 1.31 bits per heavy atom. The predicted molar refractivity (Wildman–Crippen MR) is 142 cm³/mol. The normalized spacial score (nSPS) is 10.6. The summed E-state index contributed by atoms with van der Waals surface area (Å²) in [6.07, 6.45) is 11.3. The van der Waals surface area contributed by atoms with Crippen molar-refractivity contribution in [2.45, 2.75) is 85.0 Å². The molecule has 6 heteroatoms. The highest BCUT2D eigenvalue weighted by atomic mass is 16.5. The van der Waals surface area contributed by atoms with Crippen LogP contribution in [0.25, 0.3) is 0 Å². The maximum atomic E-state index is 12.4. The molecule has 190 valence electrons. The molecule has 35 heavy (non-hydrogen) atoms. The molecule has 2 aromatic rings. The summed E-state index contributed by atoms with van der Waals surface area (Å²) in [5.41, 5.74) is 3.56. The standard InChI is InChI=1S/C29H40N2O4/c1-4-5-6-7-8-9-10-11-12-16-27(32)30-25-15-13-14-24(20-25)29(34)35-21-28(33)31-26-18-22(2)17-23(3)19-26/h13-15,17-20H,4-12,16,21H2,1-3H3,(H,30,32)(H,31,33). The number of hydrogen-bond acceptors (Lipinski definition) is 4. The lowest BCUT2D eigenvalue weighted by atomic mass is 10.1. The van der Waals surface area contributed by atoms with Gasteiger partial charge in [0.1, 0.15) is 0 Å². The molecular formula is C29H40N2O4. The summed E-state index contributed by atoms with van der Waals surface area (Å²) in [5, 5.41) is 5.58. The van der Waals surface area contributed by atoms with Crippen molar-refractivity contribution in [3.05, 3.63) is 59.2 Å². The Hall–Kier alpha value is -3.15. The van der Waals surface area contributed by atoms with Gasteiger partial charge in [-0.2, -0.15) is 0 Å². The van der Waals surface area contributed by atoms with E-state index < -0.39 is 11.9 Å². The van der Waals surface area contributed by atoms with Gasteiger partial charge in [-0.05, 0) is 61.7 Å². The van der Waals surface area contributed by atoms with Crippen LogP contribution in [0.4, 0.5) is 11.4 Å². The van der Waals surface area contributed by atoms with Gasteiger partial charge in [-0.25, -0.2) is 4.79 Å². The lowest BCUT2D eigenvalue weighted by Crippen LogP contribution is -2.21. The summed E-state index contributed by atoms with van der Waals surface area (Å²) in [7, 11) is 0. The van der Waals surface area contributed by atoms with Crippen LogP contribution in [-0.4, -0.2) is 24.4 Å². The molecular weight excluding hydrogens is 440 g/mol. The molecule has 2 aromatic carbocycles. The molecule has 0 unspecified atom stereocenters. The number of rotatable bonds is 15. The average molecular weight is 481 g/mol. The highest BCUT2D eigenvalue weighted by molar-refractivity contribution is 5.97. The Kier molecular flexibility index (Phi) is 12.6. The van der Waals surface area contributed by atoms with Crippen molar-refractivity contribution in [1.29, 1.82) is 0 Å². The number of amides is 2. The zero-order valence-electron chi connectivity index (χ0n) is 21.5. The highest BCUT2D eigenvalue weighted by Crippen LogP contribution is 2.15. The summed E-state index contributed by atoms with van der Waals surface area (Å²) in [4.78, 5) is 36.8. The SMILES string of the molecule is CCCCCCCCCCCC(=O)Nc1cccc(C(=O)OCC(=O)Nc2cc(C)cc(C)c2)c1. The first-order chi connectivity index (χ1) is 16.9. The number of anilines is 2. The van der Waals surface area contributed by atoms with Crippen molar-refractivity contribution in [2.24, 2.45) is 0 Å². The Labute approximate surface area is 209 Å². The molecule has 0 atom stereocenters. The largest absolute Gasteiger partial charge is 0.452 e. The smallest absolute Gasteiger partial charge is 0.338 e. The fraction of sp³-hybridized carbons (Fsp3) is 0.483. The van der Waals surface area contributed by atoms with Crippen molar-refractivity contribution >= 4 is 29.2 Å². The van der Waals surface area contributed by atoms with Crippen LogP contribution in [0.2, 0.25) is 0 Å². The van der Waals surface area contributed by atoms with E-state index in [4.69, 9.17) is 4.74 Å². The maximum absolute atomic E-state index is 12.4. The fourth-order valence-electron chi connectivity index (χ4n) is 4.00. The number of unbranched alkanes of at least 4 members (excludes halogenated alkanes) is 8. The number of hydrogen-bond donors (Lipinski definition) is 2. The van der Waals surface area contributed by atoms with E-state index in [-0.39, 0.29) is 18.1 Å². The van der Waals surface area contributed by atoms with Crippen LogP contribution in [0.3, 0.4) is 0 Å². The molecule has 0 heterocycles. The number of esters is 1. The van der Waals surface area contributed by atoms with Crippen molar-refractivity contribution < 1.29 is 19.1 Å². The fourth-order valence-corrected chi connectivity index (χ4v) is 4.00. The van der Waals surface area contributed by atoms with E-state index in [1.54, 1.807) is 24.3 Å². The van der Waals surface area contributed by atoms with Crippen molar-refractivity contribution in [1.82, 2.24) is 0 Å². The zero-order valence-corrected chi connectivity index (χ0v) is 21.5. The van der Waals surface area contributed by atoms with Gasteiger partial charge in [0.15, 0.2) is 6.61 Å². The minimum Gasteiger partial charge on any atom is -0.452 e. The molecule has 0 aliphatic carbocycles. The molecule has 2 rings (SSSR count). The number of carbonyl (C=O) groups excluding carboxylic acids is 3. The minimum absolute atomic E-state index is 0.0636. The molecule has 0 saturated carbocycles. The topological polar surface area (TPSA) is 84.5 Å². The first kappa shape index (κ1) is 28.1. The molecule has 0 bridgehead atoms. The van der Waals surface area contributed by atoms with Crippen molar-refractivity contribution in [2.75, 3.05) is 17.2 Å². The second-order valence-electron chi connectivity index (χ2n) is 9.21. The first-order valence-corrected chi connectivity index (χ1v) is 12.8. The molecule has 0 saturated heterocycles. The molecule has 0 fully saturated rings. The molecule has 6 nitrogen and oxygen atoms in total. The van der Waals surface area contributed by atoms with Gasteiger partial charge in [0.25, 0.3) is 5.91 Å². The lowest BCUT2D eigenvalue weighted by Gasteiger charge is -2.09. The zero-order chi connectivity index (χ0) is 25.5. The maximum Gasteiger partial charge on any atom is 0.338 e. The number of aryl methyl sites for hydroxylation is 2. The van der Waals surface area contributed by atoms with Gasteiger partial charge in [0, 0.05) is 17.8 Å². The molecule has 2 amide bonds. The molecule has 0 aromatic heterocycles. The van der Waals surface area contributed by atoms with Crippen LogP contribution in [-0.2, 0) is 14.3 Å². The molecule has 2 N–H and O–H groups in total. The van der Waals surface area contributed by atoms with E-state index >= 15 is 0 Å². The van der Waals surface area contributed by atoms with Crippen LogP contribution in [0.5, 0.6) is 0 Å². The quantitative estimate of drug-likeness (QED) is 0.213. The number of benzene rings is 2. The van der Waals surface area contributed by atoms with E-state index in [0.717, 1.165) is 30.4 Å². The van der Waals surface area contributed by atoms with Gasteiger partial charge < -0.3 is 15.4 Å². The second-order valence-corrected chi connectivity index (χ2v) is 9.21. The number of carbonyl (C=O) groups is 3. The highest BCUT2D eigenvalue weighted by Gasteiger charge is 2.12. The van der Waals surface area contributed by atoms with E-state index in [1.807, 2.05) is 32.0 Å².